The summed E-state index contributed by atoms with van der Waals surface area (Å²) in [6.07, 6.45) is 3.90. The molecule has 1 aliphatic heterocycles. The summed E-state index contributed by atoms with van der Waals surface area (Å²) < 4.78 is 1.01. The van der Waals surface area contributed by atoms with Gasteiger partial charge < -0.3 is 10.6 Å². The second-order valence-electron chi connectivity index (χ2n) is 4.52. The third-order valence-corrected chi connectivity index (χ3v) is 3.88. The van der Waals surface area contributed by atoms with E-state index in [1.165, 1.54) is 5.56 Å². The molecule has 0 fully saturated rings. The minimum atomic E-state index is 0.660. The number of nitrogens with one attached hydrogen (secondary N) is 2. The van der Waals surface area contributed by atoms with Crippen LogP contribution in [0.15, 0.2) is 34.9 Å². The van der Waals surface area contributed by atoms with Crippen molar-refractivity contribution in [1.29, 1.82) is 0 Å². The molecule has 1 aromatic carbocycles. The lowest BCUT2D eigenvalue weighted by Gasteiger charge is -2.09. The summed E-state index contributed by atoms with van der Waals surface area (Å²) in [5.41, 5.74) is 3.38. The number of halogens is 1. The Kier molecular flexibility index (Phi) is 3.75. The van der Waals surface area contributed by atoms with E-state index >= 15 is 0 Å². The number of benzene rings is 1. The van der Waals surface area contributed by atoms with Crippen LogP contribution in [0, 0.1) is 0 Å². The first-order valence-corrected chi connectivity index (χ1v) is 7.19. The van der Waals surface area contributed by atoms with Crippen molar-refractivity contribution in [2.45, 2.75) is 12.8 Å². The van der Waals surface area contributed by atoms with E-state index in [1.807, 2.05) is 30.5 Å². The zero-order chi connectivity index (χ0) is 13.1. The first kappa shape index (κ1) is 12.6. The lowest BCUT2D eigenvalue weighted by molar-refractivity contribution is 0.708. The Morgan fingerprint density at radius 3 is 2.89 bits per heavy atom. The number of rotatable bonds is 2. The van der Waals surface area contributed by atoms with Crippen LogP contribution < -0.4 is 10.6 Å². The van der Waals surface area contributed by atoms with Crippen molar-refractivity contribution < 1.29 is 0 Å². The summed E-state index contributed by atoms with van der Waals surface area (Å²) in [6, 6.07) is 7.97. The van der Waals surface area contributed by atoms with Crippen LogP contribution in [0.4, 0.5) is 11.6 Å². The van der Waals surface area contributed by atoms with Gasteiger partial charge in [-0.1, -0.05) is 12.1 Å². The van der Waals surface area contributed by atoms with Crippen LogP contribution in [0.2, 0.25) is 0 Å². The number of hydrogen-bond donors (Lipinski definition) is 2. The van der Waals surface area contributed by atoms with Gasteiger partial charge in [0.15, 0.2) is 0 Å². The summed E-state index contributed by atoms with van der Waals surface area (Å²) in [4.78, 5) is 9.03. The first-order valence-electron chi connectivity index (χ1n) is 6.40. The molecule has 1 aliphatic rings. The molecule has 3 rings (SSSR count). The van der Waals surface area contributed by atoms with E-state index in [2.05, 4.69) is 36.5 Å². The third kappa shape index (κ3) is 2.93. The summed E-state index contributed by atoms with van der Waals surface area (Å²) >= 11 is 3.51. The molecule has 1 aromatic heterocycles. The molecule has 0 atom stereocenters. The fourth-order valence-corrected chi connectivity index (χ4v) is 2.55. The maximum atomic E-state index is 4.63. The molecule has 0 amide bonds. The van der Waals surface area contributed by atoms with E-state index in [0.29, 0.717) is 5.95 Å². The summed E-state index contributed by atoms with van der Waals surface area (Å²) in [5.74, 6) is 0.660. The minimum Gasteiger partial charge on any atom is -0.323 e. The third-order valence-electron chi connectivity index (χ3n) is 3.18. The molecular formula is C14H15BrN4. The average Bonchev–Trinajstić information content (AvgIpc) is 2.66. The normalized spacial score (nSPS) is 14.6. The number of anilines is 2. The number of nitrogens with zero attached hydrogens (tertiary/aromatic N) is 2. The molecule has 0 saturated heterocycles. The predicted molar refractivity (Wildman–Crippen MR) is 79.7 cm³/mol. The van der Waals surface area contributed by atoms with Gasteiger partial charge in [-0.25, -0.2) is 9.97 Å². The van der Waals surface area contributed by atoms with Crippen LogP contribution in [-0.2, 0) is 12.8 Å². The first-order chi connectivity index (χ1) is 9.33. The van der Waals surface area contributed by atoms with Gasteiger partial charge in [0.1, 0.15) is 0 Å². The average molecular weight is 319 g/mol. The Bertz CT molecular complexity index is 585. The highest BCUT2D eigenvalue weighted by atomic mass is 79.9. The molecule has 0 unspecified atom stereocenters. The van der Waals surface area contributed by atoms with E-state index < -0.39 is 0 Å². The molecule has 5 heteroatoms. The van der Waals surface area contributed by atoms with Crippen LogP contribution in [0.5, 0.6) is 0 Å². The highest BCUT2D eigenvalue weighted by Gasteiger charge is 2.11. The van der Waals surface area contributed by atoms with Crippen molar-refractivity contribution in [2.24, 2.45) is 0 Å². The maximum absolute atomic E-state index is 4.63. The van der Waals surface area contributed by atoms with Gasteiger partial charge in [-0.15, -0.1) is 0 Å². The molecule has 98 valence electrons. The Balaban J connectivity index is 1.86. The summed E-state index contributed by atoms with van der Waals surface area (Å²) in [7, 11) is 0. The van der Waals surface area contributed by atoms with Crippen LogP contribution in [-0.4, -0.2) is 23.1 Å². The van der Waals surface area contributed by atoms with Crippen LogP contribution in [0.1, 0.15) is 11.3 Å². The van der Waals surface area contributed by atoms with Gasteiger partial charge in [0.25, 0.3) is 0 Å². The Morgan fingerprint density at radius 2 is 2.00 bits per heavy atom. The second-order valence-corrected chi connectivity index (χ2v) is 5.37. The van der Waals surface area contributed by atoms with Crippen molar-refractivity contribution >= 4 is 27.6 Å². The fourth-order valence-electron chi connectivity index (χ4n) is 2.17. The predicted octanol–water partition coefficient (Wildman–Crippen LogP) is 2.67. The fraction of sp³-hybridized carbons (Fsp3) is 0.286. The smallest absolute Gasteiger partial charge is 0.227 e. The quantitative estimate of drug-likeness (QED) is 0.893. The molecule has 2 aromatic rings. The van der Waals surface area contributed by atoms with Crippen LogP contribution in [0.3, 0.4) is 0 Å². The SMILES string of the molecule is Brc1ccccc1Nc1ncc2c(n1)CCNCC2. The molecule has 0 spiro atoms. The van der Waals surface area contributed by atoms with Crippen molar-refractivity contribution in [1.82, 2.24) is 15.3 Å². The minimum absolute atomic E-state index is 0.660. The van der Waals surface area contributed by atoms with E-state index in [9.17, 15) is 0 Å². The van der Waals surface area contributed by atoms with Gasteiger partial charge in [-0.05, 0) is 46.6 Å². The molecule has 0 saturated carbocycles. The standard InChI is InChI=1S/C14H15BrN4/c15-11-3-1-2-4-13(11)19-14-17-9-10-5-7-16-8-6-12(10)18-14/h1-4,9,16H,5-8H2,(H,17,18,19). The van der Waals surface area contributed by atoms with Crippen molar-refractivity contribution in [3.05, 3.63) is 46.2 Å². The van der Waals surface area contributed by atoms with E-state index in [-0.39, 0.29) is 0 Å². The van der Waals surface area contributed by atoms with Crippen molar-refractivity contribution in [2.75, 3.05) is 18.4 Å². The number of para-hydroxylation sites is 1. The van der Waals surface area contributed by atoms with E-state index in [1.54, 1.807) is 0 Å². The monoisotopic (exact) mass is 318 g/mol. The van der Waals surface area contributed by atoms with E-state index in [0.717, 1.165) is 41.8 Å². The summed E-state index contributed by atoms with van der Waals surface area (Å²) in [5, 5.41) is 6.63. The molecule has 4 nitrogen and oxygen atoms in total. The lowest BCUT2D eigenvalue weighted by Crippen LogP contribution is -2.16. The molecule has 0 radical (unpaired) electrons. The summed E-state index contributed by atoms with van der Waals surface area (Å²) in [6.45, 7) is 1.99. The van der Waals surface area contributed by atoms with Crippen LogP contribution >= 0.6 is 15.9 Å². The van der Waals surface area contributed by atoms with Gasteiger partial charge >= 0.3 is 0 Å². The number of fused-ring (bicyclic) bond motifs is 1. The van der Waals surface area contributed by atoms with Crippen molar-refractivity contribution in [3.8, 4) is 0 Å². The Morgan fingerprint density at radius 1 is 1.16 bits per heavy atom. The highest BCUT2D eigenvalue weighted by molar-refractivity contribution is 9.10. The van der Waals surface area contributed by atoms with Gasteiger partial charge in [0.05, 0.1) is 11.4 Å². The molecule has 2 heterocycles. The largest absolute Gasteiger partial charge is 0.323 e. The Labute approximate surface area is 120 Å². The number of aromatic nitrogens is 2. The van der Waals surface area contributed by atoms with Gasteiger partial charge in [-0.3, -0.25) is 0 Å². The zero-order valence-corrected chi connectivity index (χ0v) is 12.1. The van der Waals surface area contributed by atoms with Gasteiger partial charge in [-0.2, -0.15) is 0 Å². The molecule has 2 N–H and O–H groups in total. The zero-order valence-electron chi connectivity index (χ0n) is 10.5. The molecule has 0 aliphatic carbocycles. The molecular weight excluding hydrogens is 304 g/mol. The Hall–Kier alpha value is -1.46. The van der Waals surface area contributed by atoms with Gasteiger partial charge in [0, 0.05) is 23.6 Å². The maximum Gasteiger partial charge on any atom is 0.227 e. The van der Waals surface area contributed by atoms with Gasteiger partial charge in [0.2, 0.25) is 5.95 Å². The highest BCUT2D eigenvalue weighted by Crippen LogP contribution is 2.24. The molecule has 19 heavy (non-hydrogen) atoms. The second kappa shape index (κ2) is 5.67. The van der Waals surface area contributed by atoms with Crippen LogP contribution in [0.25, 0.3) is 0 Å². The van der Waals surface area contributed by atoms with Crippen molar-refractivity contribution in [3.63, 3.8) is 0 Å². The molecule has 0 bridgehead atoms. The topological polar surface area (TPSA) is 49.8 Å². The van der Waals surface area contributed by atoms with E-state index in [4.69, 9.17) is 0 Å². The lowest BCUT2D eigenvalue weighted by atomic mass is 10.1. The number of hydrogen-bond acceptors (Lipinski definition) is 4.